The summed E-state index contributed by atoms with van der Waals surface area (Å²) in [6.07, 6.45) is 2.61. The van der Waals surface area contributed by atoms with E-state index in [0.717, 1.165) is 12.8 Å². The number of hydrogen-bond acceptors (Lipinski definition) is 4. The first-order valence-electron chi connectivity index (χ1n) is 7.59. The third-order valence-electron chi connectivity index (χ3n) is 3.98. The Balaban J connectivity index is 2.65. The summed E-state index contributed by atoms with van der Waals surface area (Å²) in [6.45, 7) is 5.24. The molecule has 1 heterocycles. The summed E-state index contributed by atoms with van der Waals surface area (Å²) < 4.78 is 10.6. The fourth-order valence-electron chi connectivity index (χ4n) is 2.68. The molecule has 1 amide bonds. The average molecular weight is 301 g/mol. The van der Waals surface area contributed by atoms with Crippen molar-refractivity contribution in [1.29, 1.82) is 0 Å². The second-order valence-corrected chi connectivity index (χ2v) is 5.75. The van der Waals surface area contributed by atoms with Crippen LogP contribution >= 0.6 is 0 Å². The van der Waals surface area contributed by atoms with Crippen molar-refractivity contribution >= 4 is 11.9 Å². The number of unbranched alkanes of at least 4 members (excludes halogenated alkanes) is 1. The van der Waals surface area contributed by atoms with E-state index >= 15 is 0 Å². The summed E-state index contributed by atoms with van der Waals surface area (Å²) in [5.74, 6) is -1.03. The van der Waals surface area contributed by atoms with Crippen LogP contribution in [0.3, 0.4) is 0 Å². The number of nitrogens with zero attached hydrogens (tertiary/aromatic N) is 1. The average Bonchev–Trinajstić information content (AvgIpc) is 2.47. The van der Waals surface area contributed by atoms with Crippen molar-refractivity contribution in [2.75, 3.05) is 33.4 Å². The van der Waals surface area contributed by atoms with Gasteiger partial charge >= 0.3 is 5.97 Å². The molecule has 0 aromatic carbocycles. The van der Waals surface area contributed by atoms with Crippen molar-refractivity contribution in [1.82, 2.24) is 4.90 Å². The van der Waals surface area contributed by atoms with E-state index in [2.05, 4.69) is 6.92 Å². The first-order chi connectivity index (χ1) is 9.96. The molecule has 1 saturated heterocycles. The fraction of sp³-hybridized carbons (Fsp3) is 0.867. The Morgan fingerprint density at radius 2 is 2.14 bits per heavy atom. The zero-order valence-corrected chi connectivity index (χ0v) is 13.3. The molecule has 122 valence electrons. The molecule has 21 heavy (non-hydrogen) atoms. The lowest BCUT2D eigenvalue weighted by atomic mass is 9.80. The number of carboxylic acids is 1. The highest BCUT2D eigenvalue weighted by atomic mass is 16.5. The Morgan fingerprint density at radius 3 is 2.71 bits per heavy atom. The lowest BCUT2D eigenvalue weighted by Crippen LogP contribution is -2.54. The highest BCUT2D eigenvalue weighted by molar-refractivity contribution is 5.82. The zero-order valence-electron chi connectivity index (χ0n) is 13.3. The minimum absolute atomic E-state index is 0.122. The number of carbonyl (C=O) groups excluding carboxylic acids is 1. The molecular weight excluding hydrogens is 274 g/mol. The smallest absolute Gasteiger partial charge is 0.313 e. The Kier molecular flexibility index (Phi) is 7.11. The van der Waals surface area contributed by atoms with Crippen molar-refractivity contribution in [3.63, 3.8) is 0 Å². The van der Waals surface area contributed by atoms with Crippen LogP contribution in [0.1, 0.15) is 39.5 Å². The van der Waals surface area contributed by atoms with Crippen molar-refractivity contribution in [2.24, 2.45) is 5.41 Å². The second-order valence-electron chi connectivity index (χ2n) is 5.75. The van der Waals surface area contributed by atoms with Crippen LogP contribution in [0, 0.1) is 5.41 Å². The second kappa shape index (κ2) is 8.34. The number of carboxylic acid groups (broad SMARTS) is 1. The van der Waals surface area contributed by atoms with Gasteiger partial charge in [-0.3, -0.25) is 9.59 Å². The first-order valence-corrected chi connectivity index (χ1v) is 7.59. The predicted octanol–water partition coefficient (Wildman–Crippen LogP) is 1.53. The number of hydrogen-bond donors (Lipinski definition) is 1. The van der Waals surface area contributed by atoms with Crippen LogP contribution in [0.4, 0.5) is 0 Å². The van der Waals surface area contributed by atoms with Crippen molar-refractivity contribution in [2.45, 2.75) is 45.6 Å². The third-order valence-corrected chi connectivity index (χ3v) is 3.98. The summed E-state index contributed by atoms with van der Waals surface area (Å²) in [5, 5.41) is 9.48. The van der Waals surface area contributed by atoms with Crippen LogP contribution in [0.25, 0.3) is 0 Å². The van der Waals surface area contributed by atoms with Crippen LogP contribution < -0.4 is 0 Å². The van der Waals surface area contributed by atoms with Gasteiger partial charge < -0.3 is 19.5 Å². The normalized spacial score (nSPS) is 23.9. The topological polar surface area (TPSA) is 76.1 Å². The Labute approximate surface area is 126 Å². The van der Waals surface area contributed by atoms with Gasteiger partial charge in [0, 0.05) is 26.8 Å². The molecule has 2 atom stereocenters. The van der Waals surface area contributed by atoms with Gasteiger partial charge in [-0.1, -0.05) is 13.3 Å². The monoisotopic (exact) mass is 301 g/mol. The summed E-state index contributed by atoms with van der Waals surface area (Å²) in [4.78, 5) is 25.5. The molecular formula is C15H27NO5. The van der Waals surface area contributed by atoms with E-state index in [-0.39, 0.29) is 19.1 Å². The van der Waals surface area contributed by atoms with E-state index in [0.29, 0.717) is 26.0 Å². The molecule has 2 unspecified atom stereocenters. The first kappa shape index (κ1) is 17.9. The maximum absolute atomic E-state index is 12.4. The summed E-state index contributed by atoms with van der Waals surface area (Å²) >= 11 is 0. The number of likely N-dealkylation sites (tertiary alicyclic amines) is 1. The minimum Gasteiger partial charge on any atom is -0.481 e. The molecule has 1 aliphatic heterocycles. The molecule has 0 radical (unpaired) electrons. The number of carbonyl (C=O) groups is 2. The van der Waals surface area contributed by atoms with Crippen LogP contribution in [0.2, 0.25) is 0 Å². The van der Waals surface area contributed by atoms with Gasteiger partial charge in [0.1, 0.15) is 11.5 Å². The Hall–Kier alpha value is -1.14. The van der Waals surface area contributed by atoms with Gasteiger partial charge in [-0.15, -0.1) is 0 Å². The molecule has 1 rings (SSSR count). The predicted molar refractivity (Wildman–Crippen MR) is 78.1 cm³/mol. The van der Waals surface area contributed by atoms with Crippen molar-refractivity contribution in [3.05, 3.63) is 0 Å². The summed E-state index contributed by atoms with van der Waals surface area (Å²) in [7, 11) is 1.49. The van der Waals surface area contributed by atoms with E-state index in [1.807, 2.05) is 0 Å². The Morgan fingerprint density at radius 1 is 1.43 bits per heavy atom. The number of rotatable bonds is 8. The number of ether oxygens (including phenoxy) is 2. The maximum atomic E-state index is 12.4. The molecule has 6 heteroatoms. The largest absolute Gasteiger partial charge is 0.481 e. The molecule has 0 aromatic heterocycles. The molecule has 0 saturated carbocycles. The highest BCUT2D eigenvalue weighted by Gasteiger charge is 2.44. The van der Waals surface area contributed by atoms with Gasteiger partial charge in [0.25, 0.3) is 5.91 Å². The van der Waals surface area contributed by atoms with Gasteiger partial charge in [0.15, 0.2) is 0 Å². The maximum Gasteiger partial charge on any atom is 0.313 e. The van der Waals surface area contributed by atoms with E-state index in [1.165, 1.54) is 7.11 Å². The molecule has 0 aromatic rings. The van der Waals surface area contributed by atoms with Crippen LogP contribution in [0.5, 0.6) is 0 Å². The molecule has 6 nitrogen and oxygen atoms in total. The Bertz CT molecular complexity index is 356. The molecule has 1 N–H and O–H groups in total. The highest BCUT2D eigenvalue weighted by Crippen LogP contribution is 2.31. The molecule has 0 bridgehead atoms. The van der Waals surface area contributed by atoms with Gasteiger partial charge in [0.05, 0.1) is 6.61 Å². The molecule has 1 aliphatic rings. The summed E-state index contributed by atoms with van der Waals surface area (Å²) in [6, 6.07) is 0. The summed E-state index contributed by atoms with van der Waals surface area (Å²) in [5.41, 5.74) is -0.994. The van der Waals surface area contributed by atoms with E-state index in [1.54, 1.807) is 11.8 Å². The van der Waals surface area contributed by atoms with E-state index < -0.39 is 17.5 Å². The lowest BCUT2D eigenvalue weighted by Gasteiger charge is -2.40. The van der Waals surface area contributed by atoms with Gasteiger partial charge in [0.2, 0.25) is 0 Å². The SMILES string of the molecule is CCCCOC(C)C(=O)N1CCCC(COC)(C(=O)O)C1. The van der Waals surface area contributed by atoms with E-state index in [9.17, 15) is 14.7 Å². The molecule has 1 fully saturated rings. The number of amides is 1. The molecule has 0 spiro atoms. The van der Waals surface area contributed by atoms with Crippen LogP contribution in [-0.4, -0.2) is 61.4 Å². The lowest BCUT2D eigenvalue weighted by molar-refractivity contribution is -0.161. The van der Waals surface area contributed by atoms with Crippen LogP contribution in [0.15, 0.2) is 0 Å². The quantitative estimate of drug-likeness (QED) is 0.688. The van der Waals surface area contributed by atoms with Gasteiger partial charge in [-0.05, 0) is 26.2 Å². The standard InChI is InChI=1S/C15H27NO5/c1-4-5-9-21-12(2)13(17)16-8-6-7-15(10-16,11-20-3)14(18)19/h12H,4-11H2,1-3H3,(H,18,19). The third kappa shape index (κ3) is 4.68. The van der Waals surface area contributed by atoms with Crippen LogP contribution in [-0.2, 0) is 19.1 Å². The van der Waals surface area contributed by atoms with Gasteiger partial charge in [-0.2, -0.15) is 0 Å². The fourth-order valence-corrected chi connectivity index (χ4v) is 2.68. The minimum atomic E-state index is -0.994. The zero-order chi connectivity index (χ0) is 15.9. The van der Waals surface area contributed by atoms with Gasteiger partial charge in [-0.25, -0.2) is 0 Å². The number of piperidine rings is 1. The van der Waals surface area contributed by atoms with Crippen molar-refractivity contribution < 1.29 is 24.2 Å². The van der Waals surface area contributed by atoms with E-state index in [4.69, 9.17) is 9.47 Å². The molecule has 0 aliphatic carbocycles. The van der Waals surface area contributed by atoms with Crippen molar-refractivity contribution in [3.8, 4) is 0 Å². The number of methoxy groups -OCH3 is 1. The number of aliphatic carboxylic acids is 1.